The van der Waals surface area contributed by atoms with Crippen LogP contribution in [-0.2, 0) is 33.7 Å². The van der Waals surface area contributed by atoms with Crippen LogP contribution >= 0.6 is 11.6 Å². The van der Waals surface area contributed by atoms with E-state index in [4.69, 9.17) is 21.1 Å². The molecule has 1 fully saturated rings. The van der Waals surface area contributed by atoms with E-state index in [9.17, 15) is 14.0 Å². The number of esters is 1. The second kappa shape index (κ2) is 10.5. The molecule has 0 bridgehead atoms. The first kappa shape index (κ1) is 25.3. The Labute approximate surface area is 221 Å². The fraction of sp³-hybridized carbons (Fsp3) is 0.333. The van der Waals surface area contributed by atoms with E-state index >= 15 is 0 Å². The molecule has 3 aromatic rings. The standard InChI is InChI=1S/C30H29ClFNO4/c1-3-37-29(34)14-18-7-10-28(36-2)24(13-18)21-8-9-27(32)22-11-12-33(17-26(21)22)30(35)25-16-23(25)19-5-4-6-20(31)15-19/h4-10,13,15,23,25H,3,11-12,14,16-17H2,1-2H3/t23-,25+/m0/s1. The minimum atomic E-state index is -0.310. The number of amides is 1. The van der Waals surface area contributed by atoms with Gasteiger partial charge in [0.1, 0.15) is 11.6 Å². The van der Waals surface area contributed by atoms with E-state index in [0.717, 1.165) is 34.2 Å². The van der Waals surface area contributed by atoms with Gasteiger partial charge in [-0.05, 0) is 83.8 Å². The number of benzene rings is 3. The molecule has 192 valence electrons. The molecule has 1 heterocycles. The molecule has 1 aliphatic carbocycles. The molecule has 1 amide bonds. The Bertz CT molecular complexity index is 1360. The highest BCUT2D eigenvalue weighted by Crippen LogP contribution is 2.49. The highest BCUT2D eigenvalue weighted by Gasteiger charge is 2.46. The van der Waals surface area contributed by atoms with Gasteiger partial charge in [0, 0.05) is 29.6 Å². The number of carbonyl (C=O) groups excluding carboxylic acids is 2. The van der Waals surface area contributed by atoms with Crippen LogP contribution in [0.5, 0.6) is 5.75 Å². The third kappa shape index (κ3) is 5.21. The molecule has 1 saturated carbocycles. The molecule has 7 heteroatoms. The summed E-state index contributed by atoms with van der Waals surface area (Å²) in [5, 5.41) is 0.668. The molecule has 3 aromatic carbocycles. The number of carbonyl (C=O) groups is 2. The Hall–Kier alpha value is -3.38. The molecule has 5 nitrogen and oxygen atoms in total. The summed E-state index contributed by atoms with van der Waals surface area (Å²) >= 11 is 6.15. The lowest BCUT2D eigenvalue weighted by Crippen LogP contribution is -2.37. The van der Waals surface area contributed by atoms with Crippen LogP contribution < -0.4 is 4.74 Å². The van der Waals surface area contributed by atoms with Crippen LogP contribution in [-0.4, -0.2) is 37.0 Å². The van der Waals surface area contributed by atoms with E-state index in [1.165, 1.54) is 6.07 Å². The molecule has 0 aromatic heterocycles. The average Bonchev–Trinajstić information content (AvgIpc) is 3.70. The highest BCUT2D eigenvalue weighted by molar-refractivity contribution is 6.30. The van der Waals surface area contributed by atoms with E-state index in [0.29, 0.717) is 42.5 Å². The molecule has 1 aliphatic heterocycles. The van der Waals surface area contributed by atoms with Crippen LogP contribution in [0.4, 0.5) is 4.39 Å². The number of nitrogens with zero attached hydrogens (tertiary/aromatic N) is 1. The van der Waals surface area contributed by atoms with Crippen LogP contribution in [0, 0.1) is 11.7 Å². The summed E-state index contributed by atoms with van der Waals surface area (Å²) in [6.07, 6.45) is 1.37. The quantitative estimate of drug-likeness (QED) is 0.361. The second-order valence-electron chi connectivity index (χ2n) is 9.58. The Morgan fingerprint density at radius 2 is 1.92 bits per heavy atom. The fourth-order valence-corrected chi connectivity index (χ4v) is 5.53. The van der Waals surface area contributed by atoms with Crippen molar-refractivity contribution in [1.29, 1.82) is 0 Å². The van der Waals surface area contributed by atoms with Gasteiger partial charge in [0.05, 0.1) is 20.1 Å². The topological polar surface area (TPSA) is 55.8 Å². The van der Waals surface area contributed by atoms with Gasteiger partial charge in [-0.15, -0.1) is 0 Å². The van der Waals surface area contributed by atoms with Crippen molar-refractivity contribution < 1.29 is 23.5 Å². The monoisotopic (exact) mass is 521 g/mol. The molecule has 0 unspecified atom stereocenters. The molecule has 2 aliphatic rings. The Kier molecular flexibility index (Phi) is 7.20. The zero-order valence-electron chi connectivity index (χ0n) is 20.9. The maximum atomic E-state index is 14.9. The third-order valence-corrected chi connectivity index (χ3v) is 7.49. The highest BCUT2D eigenvalue weighted by atomic mass is 35.5. The van der Waals surface area contributed by atoms with Crippen molar-refractivity contribution in [2.24, 2.45) is 5.92 Å². The van der Waals surface area contributed by atoms with E-state index in [1.54, 1.807) is 20.1 Å². The number of methoxy groups -OCH3 is 1. The lowest BCUT2D eigenvalue weighted by molar-refractivity contribution is -0.142. The first-order chi connectivity index (χ1) is 17.9. The Morgan fingerprint density at radius 3 is 2.68 bits per heavy atom. The summed E-state index contributed by atoms with van der Waals surface area (Å²) in [6, 6.07) is 16.4. The predicted molar refractivity (Wildman–Crippen MR) is 140 cm³/mol. The summed E-state index contributed by atoms with van der Waals surface area (Å²) in [4.78, 5) is 27.4. The number of hydrogen-bond donors (Lipinski definition) is 0. The van der Waals surface area contributed by atoms with E-state index in [2.05, 4.69) is 0 Å². The van der Waals surface area contributed by atoms with Gasteiger partial charge in [0.15, 0.2) is 0 Å². The zero-order chi connectivity index (χ0) is 26.1. The summed E-state index contributed by atoms with van der Waals surface area (Å²) in [6.45, 7) is 2.89. The second-order valence-corrected chi connectivity index (χ2v) is 10.0. The first-order valence-electron chi connectivity index (χ1n) is 12.6. The van der Waals surface area contributed by atoms with Crippen molar-refractivity contribution in [2.75, 3.05) is 20.3 Å². The van der Waals surface area contributed by atoms with Crippen molar-refractivity contribution in [3.63, 3.8) is 0 Å². The van der Waals surface area contributed by atoms with Gasteiger partial charge in [-0.25, -0.2) is 4.39 Å². The van der Waals surface area contributed by atoms with E-state index < -0.39 is 0 Å². The molecule has 0 saturated heterocycles. The van der Waals surface area contributed by atoms with Crippen LogP contribution in [0.1, 0.15) is 41.5 Å². The molecule has 37 heavy (non-hydrogen) atoms. The number of hydrogen-bond acceptors (Lipinski definition) is 4. The Morgan fingerprint density at radius 1 is 1.08 bits per heavy atom. The van der Waals surface area contributed by atoms with Crippen LogP contribution in [0.2, 0.25) is 5.02 Å². The largest absolute Gasteiger partial charge is 0.496 e. The minimum absolute atomic E-state index is 0.0838. The van der Waals surface area contributed by atoms with Crippen molar-refractivity contribution in [1.82, 2.24) is 4.90 Å². The first-order valence-corrected chi connectivity index (χ1v) is 12.9. The maximum Gasteiger partial charge on any atom is 0.310 e. The van der Waals surface area contributed by atoms with Gasteiger partial charge in [-0.2, -0.15) is 0 Å². The smallest absolute Gasteiger partial charge is 0.310 e. The van der Waals surface area contributed by atoms with Gasteiger partial charge < -0.3 is 14.4 Å². The van der Waals surface area contributed by atoms with Crippen LogP contribution in [0.15, 0.2) is 54.6 Å². The lowest BCUT2D eigenvalue weighted by atomic mass is 9.89. The van der Waals surface area contributed by atoms with Crippen molar-refractivity contribution in [3.8, 4) is 16.9 Å². The van der Waals surface area contributed by atoms with Gasteiger partial charge in [0.2, 0.25) is 5.91 Å². The van der Waals surface area contributed by atoms with Crippen LogP contribution in [0.3, 0.4) is 0 Å². The summed E-state index contributed by atoms with van der Waals surface area (Å²) in [5.74, 6) is 0.214. The van der Waals surface area contributed by atoms with Gasteiger partial charge in [0.25, 0.3) is 0 Å². The average molecular weight is 522 g/mol. The maximum absolute atomic E-state index is 14.9. The molecule has 2 atom stereocenters. The van der Waals surface area contributed by atoms with Crippen molar-refractivity contribution in [3.05, 3.63) is 87.7 Å². The predicted octanol–water partition coefficient (Wildman–Crippen LogP) is 5.95. The van der Waals surface area contributed by atoms with Gasteiger partial charge >= 0.3 is 5.97 Å². The number of fused-ring (bicyclic) bond motifs is 1. The Balaban J connectivity index is 1.43. The minimum Gasteiger partial charge on any atom is -0.496 e. The summed E-state index contributed by atoms with van der Waals surface area (Å²) < 4.78 is 25.6. The summed E-state index contributed by atoms with van der Waals surface area (Å²) in [7, 11) is 1.58. The van der Waals surface area contributed by atoms with Gasteiger partial charge in [-0.1, -0.05) is 35.9 Å². The molecule has 0 N–H and O–H groups in total. The van der Waals surface area contributed by atoms with Crippen LogP contribution in [0.25, 0.3) is 11.1 Å². The van der Waals surface area contributed by atoms with E-state index in [-0.39, 0.29) is 36.0 Å². The SMILES string of the molecule is CCOC(=O)Cc1ccc(OC)c(-c2ccc(F)c3c2CN(C(=O)[C@@H]2C[C@H]2c2cccc(Cl)c2)CC3)c1. The molecule has 0 spiro atoms. The normalized spacial score (nSPS) is 18.2. The fourth-order valence-electron chi connectivity index (χ4n) is 5.33. The van der Waals surface area contributed by atoms with Gasteiger partial charge in [-0.3, -0.25) is 9.59 Å². The number of rotatable bonds is 7. The van der Waals surface area contributed by atoms with E-state index in [1.807, 2.05) is 47.4 Å². The molecule has 5 rings (SSSR count). The molecular weight excluding hydrogens is 493 g/mol. The molecule has 0 radical (unpaired) electrons. The van der Waals surface area contributed by atoms with Crippen molar-refractivity contribution in [2.45, 2.75) is 38.6 Å². The zero-order valence-corrected chi connectivity index (χ0v) is 21.7. The summed E-state index contributed by atoms with van der Waals surface area (Å²) in [5.41, 5.74) is 4.83. The third-order valence-electron chi connectivity index (χ3n) is 7.26. The lowest BCUT2D eigenvalue weighted by Gasteiger charge is -2.31. The number of ether oxygens (including phenoxy) is 2. The number of halogens is 2. The molecular formula is C30H29ClFNO4. The van der Waals surface area contributed by atoms with Crippen molar-refractivity contribution >= 4 is 23.5 Å².